The monoisotopic (exact) mass is 513 g/mol. The molecule has 0 radical (unpaired) electrons. The first kappa shape index (κ1) is 21.5. The number of fused-ring (bicyclic) bond motifs is 9. The van der Waals surface area contributed by atoms with Crippen molar-refractivity contribution in [2.45, 2.75) is 6.92 Å². The zero-order valence-corrected chi connectivity index (χ0v) is 21.8. The van der Waals surface area contributed by atoms with Crippen LogP contribution in [-0.2, 0) is 0 Å². The third-order valence-electron chi connectivity index (χ3n) is 8.10. The van der Waals surface area contributed by atoms with Gasteiger partial charge in [0.15, 0.2) is 0 Å². The summed E-state index contributed by atoms with van der Waals surface area (Å²) >= 11 is 0. The molecule has 0 aliphatic carbocycles. The van der Waals surface area contributed by atoms with Crippen molar-refractivity contribution < 1.29 is 0 Å². The number of aryl methyl sites for hydroxylation is 1. The van der Waals surface area contributed by atoms with Crippen LogP contribution in [0.3, 0.4) is 0 Å². The van der Waals surface area contributed by atoms with Gasteiger partial charge >= 0.3 is 0 Å². The zero-order chi connectivity index (χ0) is 26.4. The molecule has 40 heavy (non-hydrogen) atoms. The average Bonchev–Trinajstić information content (AvgIpc) is 3.65. The molecule has 0 bridgehead atoms. The lowest BCUT2D eigenvalue weighted by molar-refractivity contribution is 0.850. The molecule has 0 atom stereocenters. The fourth-order valence-electron chi connectivity index (χ4n) is 6.43. The zero-order valence-electron chi connectivity index (χ0n) is 21.8. The SMILES string of the molecule is Cc1cc2c3ccccc3nc(-n3c4ccccc4c4cc5c(cc43)c3ccccc3n5-c3ccccc3)n2n1. The molecule has 4 aromatic heterocycles. The van der Waals surface area contributed by atoms with E-state index in [9.17, 15) is 0 Å². The summed E-state index contributed by atoms with van der Waals surface area (Å²) in [4.78, 5) is 5.21. The van der Waals surface area contributed by atoms with Gasteiger partial charge in [-0.05, 0) is 55.5 Å². The Hall–Kier alpha value is -5.42. The minimum atomic E-state index is 0.791. The molecule has 188 valence electrons. The van der Waals surface area contributed by atoms with Gasteiger partial charge in [0.05, 0.1) is 38.8 Å². The van der Waals surface area contributed by atoms with Gasteiger partial charge in [-0.2, -0.15) is 9.61 Å². The van der Waals surface area contributed by atoms with Gasteiger partial charge in [-0.1, -0.05) is 72.8 Å². The van der Waals surface area contributed by atoms with E-state index >= 15 is 0 Å². The normalized spacial score (nSPS) is 12.1. The first-order valence-corrected chi connectivity index (χ1v) is 13.5. The molecule has 9 aromatic rings. The predicted molar refractivity (Wildman–Crippen MR) is 164 cm³/mol. The molecule has 9 rings (SSSR count). The highest BCUT2D eigenvalue weighted by atomic mass is 15.3. The van der Waals surface area contributed by atoms with E-state index in [2.05, 4.69) is 124 Å². The topological polar surface area (TPSA) is 40.0 Å². The van der Waals surface area contributed by atoms with E-state index in [0.29, 0.717) is 0 Å². The van der Waals surface area contributed by atoms with Crippen LogP contribution in [-0.4, -0.2) is 23.7 Å². The molecule has 5 nitrogen and oxygen atoms in total. The molecule has 0 spiro atoms. The van der Waals surface area contributed by atoms with E-state index < -0.39 is 0 Å². The van der Waals surface area contributed by atoms with Gasteiger partial charge in [-0.15, -0.1) is 0 Å². The molecule has 0 unspecified atom stereocenters. The van der Waals surface area contributed by atoms with Crippen molar-refractivity contribution >= 4 is 60.0 Å². The Morgan fingerprint density at radius 2 is 1.05 bits per heavy atom. The van der Waals surface area contributed by atoms with Gasteiger partial charge in [-0.3, -0.25) is 4.57 Å². The fraction of sp³-hybridized carbons (Fsp3) is 0.0286. The van der Waals surface area contributed by atoms with Gasteiger partial charge in [0.1, 0.15) is 0 Å². The van der Waals surface area contributed by atoms with Crippen molar-refractivity contribution in [1.29, 1.82) is 0 Å². The molecule has 0 amide bonds. The number of hydrogen-bond donors (Lipinski definition) is 0. The molecular formula is C35H23N5. The van der Waals surface area contributed by atoms with E-state index in [1.165, 1.54) is 32.6 Å². The molecule has 5 heteroatoms. The average molecular weight is 514 g/mol. The van der Waals surface area contributed by atoms with Crippen LogP contribution >= 0.6 is 0 Å². The van der Waals surface area contributed by atoms with Gasteiger partial charge in [0.25, 0.3) is 0 Å². The maximum Gasteiger partial charge on any atom is 0.236 e. The van der Waals surface area contributed by atoms with Crippen LogP contribution in [0.2, 0.25) is 0 Å². The highest BCUT2D eigenvalue weighted by Crippen LogP contribution is 2.39. The van der Waals surface area contributed by atoms with Crippen LogP contribution in [0.1, 0.15) is 5.69 Å². The summed E-state index contributed by atoms with van der Waals surface area (Å²) in [6, 6.07) is 43.0. The number of nitrogens with zero attached hydrogens (tertiary/aromatic N) is 5. The van der Waals surface area contributed by atoms with Crippen molar-refractivity contribution in [2.24, 2.45) is 0 Å². The third kappa shape index (κ3) is 2.81. The van der Waals surface area contributed by atoms with Crippen LogP contribution in [0.25, 0.3) is 71.7 Å². The first-order valence-electron chi connectivity index (χ1n) is 13.5. The largest absolute Gasteiger partial charge is 0.309 e. The van der Waals surface area contributed by atoms with Crippen molar-refractivity contribution in [2.75, 3.05) is 0 Å². The lowest BCUT2D eigenvalue weighted by atomic mass is 10.1. The lowest BCUT2D eigenvalue weighted by Gasteiger charge is -2.11. The summed E-state index contributed by atoms with van der Waals surface area (Å²) in [7, 11) is 0. The number of aromatic nitrogens is 5. The van der Waals surface area contributed by atoms with Crippen LogP contribution in [0.15, 0.2) is 121 Å². The minimum absolute atomic E-state index is 0.791. The number of para-hydroxylation sites is 4. The molecule has 0 aliphatic rings. The predicted octanol–water partition coefficient (Wildman–Crippen LogP) is 8.39. The second-order valence-electron chi connectivity index (χ2n) is 10.4. The van der Waals surface area contributed by atoms with Crippen molar-refractivity contribution in [3.8, 4) is 11.6 Å². The van der Waals surface area contributed by atoms with E-state index in [0.717, 1.165) is 44.8 Å². The van der Waals surface area contributed by atoms with Crippen molar-refractivity contribution in [1.82, 2.24) is 23.7 Å². The van der Waals surface area contributed by atoms with E-state index in [1.54, 1.807) is 0 Å². The Bertz CT molecular complexity index is 2440. The molecule has 0 aliphatic heterocycles. The van der Waals surface area contributed by atoms with Gasteiger partial charge in [-0.25, -0.2) is 4.98 Å². The molecule has 0 saturated heterocycles. The Morgan fingerprint density at radius 1 is 0.475 bits per heavy atom. The van der Waals surface area contributed by atoms with Crippen LogP contribution in [0, 0.1) is 6.92 Å². The quantitative estimate of drug-likeness (QED) is 0.233. The highest BCUT2D eigenvalue weighted by molar-refractivity contribution is 6.19. The minimum Gasteiger partial charge on any atom is -0.309 e. The molecule has 0 saturated carbocycles. The lowest BCUT2D eigenvalue weighted by Crippen LogP contribution is -2.07. The third-order valence-corrected chi connectivity index (χ3v) is 8.10. The maximum atomic E-state index is 5.21. The van der Waals surface area contributed by atoms with Crippen molar-refractivity contribution in [3.63, 3.8) is 0 Å². The second-order valence-corrected chi connectivity index (χ2v) is 10.4. The number of rotatable bonds is 2. The first-order chi connectivity index (χ1) is 19.8. The van der Waals surface area contributed by atoms with Crippen LogP contribution in [0.4, 0.5) is 0 Å². The number of benzene rings is 5. The molecule has 0 N–H and O–H groups in total. The number of hydrogen-bond acceptors (Lipinski definition) is 2. The van der Waals surface area contributed by atoms with E-state index in [1.807, 2.05) is 17.5 Å². The standard InChI is InChI=1S/C35H23N5/c1-22-19-34-26-15-5-8-16-29(26)36-35(40(34)37-22)39-31-18-10-7-14-25(31)28-20-32-27(21-33(28)39)24-13-6-9-17-30(24)38(32)23-11-3-2-4-12-23/h2-21H,1H3. The Labute approximate surface area is 229 Å². The molecule has 0 fully saturated rings. The summed E-state index contributed by atoms with van der Waals surface area (Å²) in [6.07, 6.45) is 0. The fourth-order valence-corrected chi connectivity index (χ4v) is 6.43. The maximum absolute atomic E-state index is 5.21. The smallest absolute Gasteiger partial charge is 0.236 e. The van der Waals surface area contributed by atoms with E-state index in [-0.39, 0.29) is 0 Å². The van der Waals surface area contributed by atoms with Gasteiger partial charge < -0.3 is 4.57 Å². The molecule has 4 heterocycles. The van der Waals surface area contributed by atoms with Crippen LogP contribution < -0.4 is 0 Å². The summed E-state index contributed by atoms with van der Waals surface area (Å²) in [6.45, 7) is 2.04. The summed E-state index contributed by atoms with van der Waals surface area (Å²) in [5, 5.41) is 10.8. The Balaban J connectivity index is 1.49. The summed E-state index contributed by atoms with van der Waals surface area (Å²) in [5.41, 5.74) is 8.74. The summed E-state index contributed by atoms with van der Waals surface area (Å²) < 4.78 is 6.66. The Morgan fingerprint density at radius 3 is 1.77 bits per heavy atom. The molecule has 5 aromatic carbocycles. The van der Waals surface area contributed by atoms with Gasteiger partial charge in [0.2, 0.25) is 5.95 Å². The highest BCUT2D eigenvalue weighted by Gasteiger charge is 2.21. The summed E-state index contributed by atoms with van der Waals surface area (Å²) in [5.74, 6) is 0.791. The molecular weight excluding hydrogens is 490 g/mol. The van der Waals surface area contributed by atoms with E-state index in [4.69, 9.17) is 10.1 Å². The second kappa shape index (κ2) is 7.80. The Kier molecular flexibility index (Phi) is 4.20. The van der Waals surface area contributed by atoms with Gasteiger partial charge in [0, 0.05) is 32.6 Å². The van der Waals surface area contributed by atoms with Crippen molar-refractivity contribution in [3.05, 3.63) is 127 Å². The van der Waals surface area contributed by atoms with Crippen LogP contribution in [0.5, 0.6) is 0 Å².